The first-order valence-corrected chi connectivity index (χ1v) is 13.6. The highest BCUT2D eigenvalue weighted by molar-refractivity contribution is 7.86. The number of fused-ring (bicyclic) bond motifs is 1. The summed E-state index contributed by atoms with van der Waals surface area (Å²) < 4.78 is 45.2. The predicted molar refractivity (Wildman–Crippen MR) is 135 cm³/mol. The zero-order chi connectivity index (χ0) is 24.5. The van der Waals surface area contributed by atoms with E-state index in [2.05, 4.69) is 10.2 Å². The molecule has 3 aromatic carbocycles. The van der Waals surface area contributed by atoms with Gasteiger partial charge in [-0.1, -0.05) is 48.0 Å². The van der Waals surface area contributed by atoms with Crippen LogP contribution < -0.4 is 5.32 Å². The maximum atomic E-state index is 13.2. The Hall–Kier alpha value is -2.74. The van der Waals surface area contributed by atoms with Crippen LogP contribution in [0.25, 0.3) is 0 Å². The van der Waals surface area contributed by atoms with E-state index in [9.17, 15) is 12.8 Å². The first-order chi connectivity index (χ1) is 16.8. The van der Waals surface area contributed by atoms with Crippen LogP contribution in [0.2, 0.25) is 0 Å². The number of nitrogens with zero attached hydrogens (tertiary/aromatic N) is 1. The van der Waals surface area contributed by atoms with Crippen LogP contribution in [0, 0.1) is 12.7 Å². The second kappa shape index (κ2) is 9.72. The van der Waals surface area contributed by atoms with Gasteiger partial charge in [0, 0.05) is 36.4 Å². The summed E-state index contributed by atoms with van der Waals surface area (Å²) in [6.07, 6.45) is 2.79. The lowest BCUT2D eigenvalue weighted by molar-refractivity contribution is 0.143. The Labute approximate surface area is 207 Å². The summed E-state index contributed by atoms with van der Waals surface area (Å²) in [4.78, 5) is 2.58. The van der Waals surface area contributed by atoms with Gasteiger partial charge in [0.25, 0.3) is 10.1 Å². The Kier molecular flexibility index (Phi) is 6.66. The number of hydrogen-bond acceptors (Lipinski definition) is 5. The number of halogens is 1. The van der Waals surface area contributed by atoms with Gasteiger partial charge >= 0.3 is 0 Å². The van der Waals surface area contributed by atoms with Crippen molar-refractivity contribution in [3.63, 3.8) is 0 Å². The largest absolute Gasteiger partial charge is 0.379 e. The fraction of sp³-hybridized carbons (Fsp3) is 0.357. The second-order valence-electron chi connectivity index (χ2n) is 9.79. The van der Waals surface area contributed by atoms with E-state index in [1.165, 1.54) is 12.1 Å². The molecule has 35 heavy (non-hydrogen) atoms. The lowest BCUT2D eigenvalue weighted by Gasteiger charge is -2.42. The van der Waals surface area contributed by atoms with Crippen LogP contribution in [0.1, 0.15) is 48.5 Å². The number of benzene rings is 3. The van der Waals surface area contributed by atoms with Crippen molar-refractivity contribution in [2.24, 2.45) is 0 Å². The summed E-state index contributed by atoms with van der Waals surface area (Å²) in [5.41, 5.74) is 3.83. The number of piperidine rings is 1. The van der Waals surface area contributed by atoms with Crippen molar-refractivity contribution in [3.8, 4) is 0 Å². The molecule has 1 N–H and O–H groups in total. The van der Waals surface area contributed by atoms with E-state index in [-0.39, 0.29) is 16.3 Å². The highest BCUT2D eigenvalue weighted by atomic mass is 32.2. The number of rotatable bonds is 5. The maximum Gasteiger partial charge on any atom is 0.297 e. The van der Waals surface area contributed by atoms with E-state index in [1.807, 2.05) is 43.3 Å². The van der Waals surface area contributed by atoms with Crippen LogP contribution in [0.5, 0.6) is 0 Å². The number of aryl methyl sites for hydroxylation is 1. The fourth-order valence-electron chi connectivity index (χ4n) is 5.18. The minimum Gasteiger partial charge on any atom is -0.379 e. The molecule has 3 aromatic rings. The lowest BCUT2D eigenvalue weighted by Crippen LogP contribution is -2.48. The Bertz CT molecular complexity index is 1270. The first kappa shape index (κ1) is 24.0. The second-order valence-corrected chi connectivity index (χ2v) is 11.4. The first-order valence-electron chi connectivity index (χ1n) is 12.2. The molecule has 2 aliphatic heterocycles. The van der Waals surface area contributed by atoms with Gasteiger partial charge in [-0.3, -0.25) is 9.08 Å². The van der Waals surface area contributed by atoms with Crippen molar-refractivity contribution in [1.29, 1.82) is 0 Å². The summed E-state index contributed by atoms with van der Waals surface area (Å²) >= 11 is 0. The zero-order valence-electron chi connectivity index (χ0n) is 19.9. The van der Waals surface area contributed by atoms with E-state index >= 15 is 0 Å². The standard InChI is InChI=1S/C28H31FN2O3S/c1-21-6-12-24(13-7-21)35(32,33)34-27-14-15-28(30-26-5-3-2-4-25(26)27)16-18-31(19-17-28)20-22-8-10-23(29)11-9-22/h2-13,27,30H,14-20H2,1H3. The molecule has 2 heterocycles. The third-order valence-corrected chi connectivity index (χ3v) is 8.61. The average Bonchev–Trinajstić information content (AvgIpc) is 2.99. The number of anilines is 1. The lowest BCUT2D eigenvalue weighted by atomic mass is 9.83. The molecule has 0 aliphatic carbocycles. The topological polar surface area (TPSA) is 58.6 Å². The molecule has 2 aliphatic rings. The molecule has 5 rings (SSSR count). The van der Waals surface area contributed by atoms with E-state index in [4.69, 9.17) is 4.18 Å². The molecule has 1 fully saturated rings. The molecule has 1 atom stereocenters. The summed E-state index contributed by atoms with van der Waals surface area (Å²) in [5.74, 6) is -0.214. The third-order valence-electron chi connectivity index (χ3n) is 7.28. The van der Waals surface area contributed by atoms with Crippen molar-refractivity contribution >= 4 is 15.8 Å². The van der Waals surface area contributed by atoms with Crippen LogP contribution in [0.15, 0.2) is 77.7 Å². The Morgan fingerprint density at radius 2 is 1.66 bits per heavy atom. The highest BCUT2D eigenvalue weighted by Gasteiger charge is 2.39. The van der Waals surface area contributed by atoms with Crippen molar-refractivity contribution in [3.05, 3.63) is 95.3 Å². The Morgan fingerprint density at radius 1 is 0.971 bits per heavy atom. The number of hydrogen-bond donors (Lipinski definition) is 1. The summed E-state index contributed by atoms with van der Waals surface area (Å²) in [6, 6.07) is 21.4. The van der Waals surface area contributed by atoms with Crippen molar-refractivity contribution in [1.82, 2.24) is 4.90 Å². The monoisotopic (exact) mass is 494 g/mol. The smallest absolute Gasteiger partial charge is 0.297 e. The van der Waals surface area contributed by atoms with E-state index in [0.29, 0.717) is 6.42 Å². The Balaban J connectivity index is 1.31. The van der Waals surface area contributed by atoms with Gasteiger partial charge in [0.2, 0.25) is 0 Å². The molecular weight excluding hydrogens is 463 g/mol. The summed E-state index contributed by atoms with van der Waals surface area (Å²) in [6.45, 7) is 4.56. The minimum absolute atomic E-state index is 0.110. The highest BCUT2D eigenvalue weighted by Crippen LogP contribution is 2.42. The summed E-state index contributed by atoms with van der Waals surface area (Å²) in [7, 11) is -3.89. The van der Waals surface area contributed by atoms with E-state index < -0.39 is 16.2 Å². The molecule has 1 unspecified atom stereocenters. The molecule has 0 amide bonds. The third kappa shape index (κ3) is 5.42. The van der Waals surface area contributed by atoms with Gasteiger partial charge in [-0.25, -0.2) is 4.39 Å². The van der Waals surface area contributed by atoms with Crippen molar-refractivity contribution in [2.45, 2.75) is 55.7 Å². The van der Waals surface area contributed by atoms with Gasteiger partial charge in [0.05, 0.1) is 4.90 Å². The molecule has 5 nitrogen and oxygen atoms in total. The molecule has 0 bridgehead atoms. The molecule has 7 heteroatoms. The number of nitrogens with one attached hydrogen (secondary N) is 1. The SMILES string of the molecule is Cc1ccc(S(=O)(=O)OC2CCC3(CCN(Cc4ccc(F)cc4)CC3)Nc3ccccc32)cc1. The fourth-order valence-corrected chi connectivity index (χ4v) is 6.26. The van der Waals surface area contributed by atoms with Crippen LogP contribution in [-0.4, -0.2) is 31.9 Å². The van der Waals surface area contributed by atoms with Crippen molar-refractivity contribution in [2.75, 3.05) is 18.4 Å². The van der Waals surface area contributed by atoms with Crippen LogP contribution in [0.3, 0.4) is 0 Å². The van der Waals surface area contributed by atoms with E-state index in [0.717, 1.165) is 61.3 Å². The van der Waals surface area contributed by atoms with Gasteiger partial charge in [0.1, 0.15) is 11.9 Å². The molecule has 0 radical (unpaired) electrons. The molecular formula is C28H31FN2O3S. The van der Waals surface area contributed by atoms with Crippen LogP contribution >= 0.6 is 0 Å². The maximum absolute atomic E-state index is 13.2. The van der Waals surface area contributed by atoms with Gasteiger partial charge in [-0.2, -0.15) is 8.42 Å². The van der Waals surface area contributed by atoms with Gasteiger partial charge in [-0.05, 0) is 68.5 Å². The number of likely N-dealkylation sites (tertiary alicyclic amines) is 1. The molecule has 1 spiro atoms. The quantitative estimate of drug-likeness (QED) is 0.453. The molecule has 184 valence electrons. The summed E-state index contributed by atoms with van der Waals surface area (Å²) in [5, 5.41) is 3.78. The van der Waals surface area contributed by atoms with Crippen LogP contribution in [-0.2, 0) is 20.8 Å². The van der Waals surface area contributed by atoms with Crippen molar-refractivity contribution < 1.29 is 17.0 Å². The molecule has 0 saturated carbocycles. The van der Waals surface area contributed by atoms with E-state index in [1.54, 1.807) is 24.3 Å². The van der Waals surface area contributed by atoms with Gasteiger partial charge < -0.3 is 5.32 Å². The van der Waals surface area contributed by atoms with Gasteiger partial charge in [-0.15, -0.1) is 0 Å². The van der Waals surface area contributed by atoms with Gasteiger partial charge in [0.15, 0.2) is 0 Å². The molecule has 1 saturated heterocycles. The average molecular weight is 495 g/mol. The number of para-hydroxylation sites is 1. The Morgan fingerprint density at radius 3 is 2.37 bits per heavy atom. The predicted octanol–water partition coefficient (Wildman–Crippen LogP) is 5.82. The normalized spacial score (nSPS) is 20.1. The molecule has 0 aromatic heterocycles. The minimum atomic E-state index is -3.89. The van der Waals surface area contributed by atoms with Crippen LogP contribution in [0.4, 0.5) is 10.1 Å². The zero-order valence-corrected chi connectivity index (χ0v) is 20.7.